The third-order valence-electron chi connectivity index (χ3n) is 3.47. The predicted molar refractivity (Wildman–Crippen MR) is 63.3 cm³/mol. The van der Waals surface area contributed by atoms with Gasteiger partial charge in [0.2, 0.25) is 0 Å². The number of fused-ring (bicyclic) bond motifs is 2. The summed E-state index contributed by atoms with van der Waals surface area (Å²) in [6.07, 6.45) is 6.89. The summed E-state index contributed by atoms with van der Waals surface area (Å²) in [5.74, 6) is -1.10. The fourth-order valence-corrected chi connectivity index (χ4v) is 2.41. The maximum absolute atomic E-state index is 10.8. The minimum absolute atomic E-state index is 0.359. The monoisotopic (exact) mass is 246 g/mol. The van der Waals surface area contributed by atoms with Crippen LogP contribution in [0.1, 0.15) is 46.4 Å². The van der Waals surface area contributed by atoms with Crippen LogP contribution in [0.25, 0.3) is 0 Å². The van der Waals surface area contributed by atoms with E-state index in [4.69, 9.17) is 4.74 Å². The number of hydrogen-bond donors (Lipinski definition) is 0. The highest BCUT2D eigenvalue weighted by Crippen LogP contribution is 2.35. The summed E-state index contributed by atoms with van der Waals surface area (Å²) < 4.78 is 9.63. The average molecular weight is 246 g/mol. The summed E-state index contributed by atoms with van der Waals surface area (Å²) in [6.45, 7) is 0. The van der Waals surface area contributed by atoms with Gasteiger partial charge in [0.05, 0.1) is 23.3 Å². The van der Waals surface area contributed by atoms with Gasteiger partial charge in [-0.3, -0.25) is 0 Å². The third kappa shape index (κ3) is 2.16. The van der Waals surface area contributed by atoms with Gasteiger partial charge < -0.3 is 9.47 Å². The minimum atomic E-state index is -0.550. The summed E-state index contributed by atoms with van der Waals surface area (Å²) in [5.41, 5.74) is 0.718. The number of carbonyl (C=O) groups is 2. The molecule has 0 aromatic heterocycles. The Morgan fingerprint density at radius 1 is 0.889 bits per heavy atom. The summed E-state index contributed by atoms with van der Waals surface area (Å²) >= 11 is 0. The molecule has 3 aliphatic rings. The molecule has 1 saturated heterocycles. The molecule has 1 aliphatic carbocycles. The third-order valence-corrected chi connectivity index (χ3v) is 3.47. The maximum atomic E-state index is 10.8. The van der Waals surface area contributed by atoms with E-state index in [0.29, 0.717) is 23.3 Å². The minimum Gasteiger partial charge on any atom is -0.386 e. The zero-order valence-electron chi connectivity index (χ0n) is 9.93. The molecule has 0 bridgehead atoms. The molecule has 1 saturated carbocycles. The van der Waals surface area contributed by atoms with E-state index in [-0.39, 0.29) is 0 Å². The molecule has 2 atom stereocenters. The standard InChI is InChI=1S/C8H4O3.C6H10O/c9-7-5-3-1-2-4-6(5)8(10)11-7;1-2-4-6-5(3-1)7-6/h1-4H;5-6H,1-4H2. The van der Waals surface area contributed by atoms with Gasteiger partial charge in [0.25, 0.3) is 0 Å². The van der Waals surface area contributed by atoms with Crippen molar-refractivity contribution in [3.63, 3.8) is 0 Å². The zero-order valence-corrected chi connectivity index (χ0v) is 9.93. The summed E-state index contributed by atoms with van der Waals surface area (Å²) in [6, 6.07) is 6.53. The molecule has 18 heavy (non-hydrogen) atoms. The lowest BCUT2D eigenvalue weighted by molar-refractivity contribution is 0.0444. The van der Waals surface area contributed by atoms with Crippen LogP contribution in [-0.2, 0) is 9.47 Å². The molecule has 0 radical (unpaired) electrons. The molecule has 94 valence electrons. The van der Waals surface area contributed by atoms with Crippen molar-refractivity contribution >= 4 is 11.9 Å². The first-order chi connectivity index (χ1) is 8.75. The number of hydrogen-bond acceptors (Lipinski definition) is 4. The van der Waals surface area contributed by atoms with Crippen LogP contribution in [0.4, 0.5) is 0 Å². The van der Waals surface area contributed by atoms with Crippen LogP contribution in [0, 0.1) is 0 Å². The van der Waals surface area contributed by atoms with E-state index in [1.807, 2.05) is 0 Å². The van der Waals surface area contributed by atoms with E-state index < -0.39 is 11.9 Å². The van der Waals surface area contributed by atoms with Gasteiger partial charge in [-0.2, -0.15) is 0 Å². The van der Waals surface area contributed by atoms with Crippen molar-refractivity contribution in [3.05, 3.63) is 35.4 Å². The average Bonchev–Trinajstić information content (AvgIpc) is 3.13. The summed E-state index contributed by atoms with van der Waals surface area (Å²) in [4.78, 5) is 21.7. The molecule has 2 fully saturated rings. The smallest absolute Gasteiger partial charge is 0.346 e. The fourth-order valence-electron chi connectivity index (χ4n) is 2.41. The zero-order chi connectivity index (χ0) is 12.5. The second-order valence-corrected chi connectivity index (χ2v) is 4.72. The molecule has 4 heteroatoms. The first-order valence-electron chi connectivity index (χ1n) is 6.27. The van der Waals surface area contributed by atoms with Crippen LogP contribution < -0.4 is 0 Å². The van der Waals surface area contributed by atoms with Crippen molar-refractivity contribution in [2.45, 2.75) is 37.9 Å². The van der Waals surface area contributed by atoms with E-state index in [9.17, 15) is 9.59 Å². The summed E-state index contributed by atoms with van der Waals surface area (Å²) in [5, 5.41) is 0. The summed E-state index contributed by atoms with van der Waals surface area (Å²) in [7, 11) is 0. The Morgan fingerprint density at radius 2 is 1.39 bits per heavy atom. The Bertz CT molecular complexity index is 451. The first-order valence-corrected chi connectivity index (χ1v) is 6.27. The van der Waals surface area contributed by atoms with Crippen LogP contribution in [0.3, 0.4) is 0 Å². The van der Waals surface area contributed by atoms with E-state index in [1.54, 1.807) is 24.3 Å². The Balaban J connectivity index is 0.000000122. The van der Waals surface area contributed by atoms with E-state index >= 15 is 0 Å². The Hall–Kier alpha value is -1.68. The van der Waals surface area contributed by atoms with Crippen molar-refractivity contribution in [1.82, 2.24) is 0 Å². The van der Waals surface area contributed by atoms with Gasteiger partial charge in [0, 0.05) is 0 Å². The second-order valence-electron chi connectivity index (χ2n) is 4.72. The number of carbonyl (C=O) groups excluding carboxylic acids is 2. The predicted octanol–water partition coefficient (Wildman–Crippen LogP) is 2.33. The number of ether oxygens (including phenoxy) is 2. The van der Waals surface area contributed by atoms with E-state index in [1.165, 1.54) is 25.7 Å². The van der Waals surface area contributed by atoms with Crippen molar-refractivity contribution in [2.75, 3.05) is 0 Å². The van der Waals surface area contributed by atoms with E-state index in [0.717, 1.165) is 0 Å². The molecule has 0 N–H and O–H groups in total. The highest BCUT2D eigenvalue weighted by Gasteiger charge is 2.39. The lowest BCUT2D eigenvalue weighted by Gasteiger charge is -2.00. The van der Waals surface area contributed by atoms with Crippen LogP contribution in [0.2, 0.25) is 0 Å². The molecular weight excluding hydrogens is 232 g/mol. The van der Waals surface area contributed by atoms with Gasteiger partial charge in [0.1, 0.15) is 0 Å². The van der Waals surface area contributed by atoms with E-state index in [2.05, 4.69) is 4.74 Å². The molecule has 2 unspecified atom stereocenters. The van der Waals surface area contributed by atoms with Gasteiger partial charge in [-0.25, -0.2) is 9.59 Å². The molecule has 4 rings (SSSR count). The lowest BCUT2D eigenvalue weighted by Crippen LogP contribution is -2.00. The number of esters is 2. The number of cyclic esters (lactones) is 2. The van der Waals surface area contributed by atoms with Gasteiger partial charge in [-0.05, 0) is 25.0 Å². The Labute approximate surface area is 105 Å². The topological polar surface area (TPSA) is 55.9 Å². The van der Waals surface area contributed by atoms with Gasteiger partial charge in [-0.15, -0.1) is 0 Å². The van der Waals surface area contributed by atoms with Crippen LogP contribution in [-0.4, -0.2) is 24.1 Å². The van der Waals surface area contributed by atoms with Crippen molar-refractivity contribution in [3.8, 4) is 0 Å². The van der Waals surface area contributed by atoms with Crippen LogP contribution in [0.15, 0.2) is 24.3 Å². The maximum Gasteiger partial charge on any atom is 0.346 e. The fraction of sp³-hybridized carbons (Fsp3) is 0.429. The van der Waals surface area contributed by atoms with Crippen molar-refractivity contribution in [2.24, 2.45) is 0 Å². The number of benzene rings is 1. The van der Waals surface area contributed by atoms with Gasteiger partial charge in [-0.1, -0.05) is 25.0 Å². The van der Waals surface area contributed by atoms with Gasteiger partial charge >= 0.3 is 11.9 Å². The molecule has 2 aliphatic heterocycles. The number of epoxide rings is 1. The van der Waals surface area contributed by atoms with Crippen LogP contribution in [0.5, 0.6) is 0 Å². The molecule has 0 spiro atoms. The molecule has 1 aromatic rings. The first kappa shape index (κ1) is 11.4. The van der Waals surface area contributed by atoms with Crippen LogP contribution >= 0.6 is 0 Å². The molecule has 4 nitrogen and oxygen atoms in total. The highest BCUT2D eigenvalue weighted by atomic mass is 16.6. The lowest BCUT2D eigenvalue weighted by atomic mass is 10.0. The van der Waals surface area contributed by atoms with Crippen molar-refractivity contribution in [1.29, 1.82) is 0 Å². The molecular formula is C14H14O4. The Kier molecular flexibility index (Phi) is 2.88. The van der Waals surface area contributed by atoms with Gasteiger partial charge in [0.15, 0.2) is 0 Å². The Morgan fingerprint density at radius 3 is 1.83 bits per heavy atom. The molecule has 1 aromatic carbocycles. The molecule has 2 heterocycles. The SMILES string of the molecule is C1CCC2OC2C1.O=C1OC(=O)c2ccccc21. The number of rotatable bonds is 0. The molecule has 0 amide bonds. The van der Waals surface area contributed by atoms with Crippen molar-refractivity contribution < 1.29 is 19.1 Å². The quantitative estimate of drug-likeness (QED) is 0.400. The normalized spacial score (nSPS) is 27.6. The second kappa shape index (κ2) is 4.53. The highest BCUT2D eigenvalue weighted by molar-refractivity contribution is 6.14. The largest absolute Gasteiger partial charge is 0.386 e.